The summed E-state index contributed by atoms with van der Waals surface area (Å²) in [6.07, 6.45) is 1.31. The van der Waals surface area contributed by atoms with E-state index in [1.165, 1.54) is 16.9 Å². The van der Waals surface area contributed by atoms with Crippen molar-refractivity contribution in [3.63, 3.8) is 0 Å². The summed E-state index contributed by atoms with van der Waals surface area (Å²) >= 11 is 1.46. The maximum absolute atomic E-state index is 12.8. The summed E-state index contributed by atoms with van der Waals surface area (Å²) in [6.45, 7) is 2.10. The molecule has 0 N–H and O–H groups in total. The number of anilines is 1. The number of para-hydroxylation sites is 1. The number of hydrogen-bond acceptors (Lipinski definition) is 4. The highest BCUT2D eigenvalue weighted by atomic mass is 32.1. The van der Waals surface area contributed by atoms with E-state index in [4.69, 9.17) is 0 Å². The first-order chi connectivity index (χ1) is 13.5. The molecular weight excluding hydrogens is 374 g/mol. The second kappa shape index (κ2) is 7.16. The van der Waals surface area contributed by atoms with E-state index in [0.29, 0.717) is 16.1 Å². The molecule has 7 heteroatoms. The molecule has 0 bridgehead atoms. The molecule has 1 aromatic heterocycles. The van der Waals surface area contributed by atoms with Crippen LogP contribution in [0.25, 0.3) is 10.2 Å². The van der Waals surface area contributed by atoms with E-state index >= 15 is 0 Å². The monoisotopic (exact) mass is 393 g/mol. The average molecular weight is 393 g/mol. The first kappa shape index (κ1) is 18.3. The zero-order valence-corrected chi connectivity index (χ0v) is 16.5. The summed E-state index contributed by atoms with van der Waals surface area (Å²) in [7, 11) is 1.90. The molecule has 0 atom stereocenters. The van der Waals surface area contributed by atoms with Crippen LogP contribution in [0.5, 0.6) is 0 Å². The highest BCUT2D eigenvalue weighted by Crippen LogP contribution is 2.24. The van der Waals surface area contributed by atoms with Gasteiger partial charge in [-0.3, -0.25) is 19.3 Å². The number of benzene rings is 2. The maximum Gasteiger partial charge on any atom is 0.279 e. The first-order valence-electron chi connectivity index (χ1n) is 9.12. The topological polar surface area (TPSA) is 71.7 Å². The molecule has 4 rings (SSSR count). The summed E-state index contributed by atoms with van der Waals surface area (Å²) in [5.41, 5.74) is 3.06. The van der Waals surface area contributed by atoms with Gasteiger partial charge in [0.15, 0.2) is 4.80 Å². The van der Waals surface area contributed by atoms with Crippen LogP contribution < -0.4 is 9.70 Å². The van der Waals surface area contributed by atoms with Crippen molar-refractivity contribution in [3.05, 3.63) is 58.4 Å². The van der Waals surface area contributed by atoms with Gasteiger partial charge in [0.05, 0.1) is 15.9 Å². The number of aryl methyl sites for hydroxylation is 2. The zero-order valence-electron chi connectivity index (χ0n) is 15.6. The van der Waals surface area contributed by atoms with Gasteiger partial charge in [0.2, 0.25) is 11.8 Å². The number of carbonyl (C=O) groups is 3. The molecule has 1 aliphatic heterocycles. The number of rotatable bonds is 3. The van der Waals surface area contributed by atoms with E-state index in [1.54, 1.807) is 24.3 Å². The van der Waals surface area contributed by atoms with E-state index < -0.39 is 5.91 Å². The Kier molecular flexibility index (Phi) is 4.68. The second-order valence-electron chi connectivity index (χ2n) is 6.65. The summed E-state index contributed by atoms with van der Waals surface area (Å²) in [4.78, 5) is 42.7. The van der Waals surface area contributed by atoms with Crippen molar-refractivity contribution in [2.24, 2.45) is 12.0 Å². The number of amides is 3. The third kappa shape index (κ3) is 3.07. The van der Waals surface area contributed by atoms with Crippen molar-refractivity contribution in [2.75, 3.05) is 4.90 Å². The predicted molar refractivity (Wildman–Crippen MR) is 108 cm³/mol. The number of aromatic nitrogens is 1. The molecule has 142 valence electrons. The molecule has 0 radical (unpaired) electrons. The molecule has 0 unspecified atom stereocenters. The van der Waals surface area contributed by atoms with Crippen molar-refractivity contribution in [1.29, 1.82) is 0 Å². The van der Waals surface area contributed by atoms with Gasteiger partial charge in [-0.15, -0.1) is 0 Å². The van der Waals surface area contributed by atoms with Crippen LogP contribution in [-0.2, 0) is 23.1 Å². The van der Waals surface area contributed by atoms with Gasteiger partial charge >= 0.3 is 0 Å². The minimum atomic E-state index is -0.402. The van der Waals surface area contributed by atoms with E-state index in [0.717, 1.165) is 21.5 Å². The lowest BCUT2D eigenvalue weighted by Crippen LogP contribution is -2.28. The Morgan fingerprint density at radius 1 is 1.11 bits per heavy atom. The highest BCUT2D eigenvalue weighted by Gasteiger charge is 2.30. The van der Waals surface area contributed by atoms with Gasteiger partial charge in [-0.25, -0.2) is 0 Å². The normalized spacial score (nSPS) is 15.1. The van der Waals surface area contributed by atoms with Crippen molar-refractivity contribution in [3.8, 4) is 0 Å². The van der Waals surface area contributed by atoms with Crippen molar-refractivity contribution >= 4 is 45.0 Å². The molecule has 1 aliphatic rings. The molecular formula is C21H19N3O3S. The standard InChI is InChI=1S/C21H19N3O3S/c1-3-13-6-5-9-16-19(13)23(2)21(28-16)22-20(27)14-7-4-8-15(12-14)24-17(25)10-11-18(24)26/h4-9,12H,3,10-11H2,1-2H3. The second-order valence-corrected chi connectivity index (χ2v) is 7.66. The van der Waals surface area contributed by atoms with Crippen LogP contribution in [0, 0.1) is 0 Å². The number of carbonyl (C=O) groups excluding carboxylic acids is 3. The van der Waals surface area contributed by atoms with Crippen LogP contribution >= 0.6 is 11.3 Å². The van der Waals surface area contributed by atoms with Gasteiger partial charge in [-0.2, -0.15) is 4.99 Å². The molecule has 3 amide bonds. The Hall–Kier alpha value is -3.06. The van der Waals surface area contributed by atoms with Crippen molar-refractivity contribution in [1.82, 2.24) is 4.57 Å². The Balaban J connectivity index is 1.74. The quantitative estimate of drug-likeness (QED) is 0.642. The van der Waals surface area contributed by atoms with Gasteiger partial charge < -0.3 is 4.57 Å². The van der Waals surface area contributed by atoms with Crippen LogP contribution in [0.4, 0.5) is 5.69 Å². The lowest BCUT2D eigenvalue weighted by atomic mass is 10.1. The zero-order chi connectivity index (χ0) is 19.8. The van der Waals surface area contributed by atoms with Crippen LogP contribution in [0.1, 0.15) is 35.7 Å². The lowest BCUT2D eigenvalue weighted by molar-refractivity contribution is -0.121. The number of thiazole rings is 1. The third-order valence-corrected chi connectivity index (χ3v) is 5.98. The Morgan fingerprint density at radius 2 is 1.82 bits per heavy atom. The molecule has 0 spiro atoms. The fourth-order valence-corrected chi connectivity index (χ4v) is 4.54. The summed E-state index contributed by atoms with van der Waals surface area (Å²) < 4.78 is 3.02. The van der Waals surface area contributed by atoms with Crippen LogP contribution in [-0.4, -0.2) is 22.3 Å². The van der Waals surface area contributed by atoms with E-state index in [-0.39, 0.29) is 24.7 Å². The summed E-state index contributed by atoms with van der Waals surface area (Å²) in [6, 6.07) is 12.6. The van der Waals surface area contributed by atoms with Gasteiger partial charge in [-0.1, -0.05) is 36.5 Å². The fourth-order valence-electron chi connectivity index (χ4n) is 3.47. The largest absolute Gasteiger partial charge is 0.319 e. The number of nitrogens with zero attached hydrogens (tertiary/aromatic N) is 3. The van der Waals surface area contributed by atoms with Gasteiger partial charge in [0.1, 0.15) is 0 Å². The average Bonchev–Trinajstić information content (AvgIpc) is 3.20. The third-order valence-electron chi connectivity index (χ3n) is 4.89. The highest BCUT2D eigenvalue weighted by molar-refractivity contribution is 7.16. The molecule has 2 heterocycles. The Bertz CT molecular complexity index is 1170. The molecule has 1 fully saturated rings. The molecule has 2 aromatic carbocycles. The van der Waals surface area contributed by atoms with Gasteiger partial charge in [0, 0.05) is 25.5 Å². The SMILES string of the molecule is CCc1cccc2sc(=NC(=O)c3cccc(N4C(=O)CCC4=O)c3)n(C)c12. The van der Waals surface area contributed by atoms with Crippen molar-refractivity contribution in [2.45, 2.75) is 26.2 Å². The molecule has 6 nitrogen and oxygen atoms in total. The number of hydrogen-bond donors (Lipinski definition) is 0. The molecule has 28 heavy (non-hydrogen) atoms. The number of fused-ring (bicyclic) bond motifs is 1. The van der Waals surface area contributed by atoms with E-state index in [2.05, 4.69) is 18.0 Å². The minimum absolute atomic E-state index is 0.207. The molecule has 0 saturated carbocycles. The van der Waals surface area contributed by atoms with Crippen LogP contribution in [0.15, 0.2) is 47.5 Å². The van der Waals surface area contributed by atoms with Gasteiger partial charge in [0.25, 0.3) is 5.91 Å². The summed E-state index contributed by atoms with van der Waals surface area (Å²) in [5.74, 6) is -0.884. The van der Waals surface area contributed by atoms with E-state index in [9.17, 15) is 14.4 Å². The molecule has 1 saturated heterocycles. The smallest absolute Gasteiger partial charge is 0.279 e. The minimum Gasteiger partial charge on any atom is -0.319 e. The lowest BCUT2D eigenvalue weighted by Gasteiger charge is -2.14. The van der Waals surface area contributed by atoms with Gasteiger partial charge in [-0.05, 0) is 36.2 Å². The van der Waals surface area contributed by atoms with Crippen molar-refractivity contribution < 1.29 is 14.4 Å². The molecule has 3 aromatic rings. The Morgan fingerprint density at radius 3 is 2.54 bits per heavy atom. The first-order valence-corrected chi connectivity index (χ1v) is 9.93. The predicted octanol–water partition coefficient (Wildman–Crippen LogP) is 3.20. The Labute approximate surface area is 165 Å². The fraction of sp³-hybridized carbons (Fsp3) is 0.238. The van der Waals surface area contributed by atoms with Crippen LogP contribution in [0.2, 0.25) is 0 Å². The maximum atomic E-state index is 12.8. The summed E-state index contributed by atoms with van der Waals surface area (Å²) in [5, 5.41) is 0. The van der Waals surface area contributed by atoms with Crippen LogP contribution in [0.3, 0.4) is 0 Å². The number of imide groups is 1. The molecule has 0 aliphatic carbocycles. The van der Waals surface area contributed by atoms with E-state index in [1.807, 2.05) is 23.7 Å².